The third-order valence-corrected chi connectivity index (χ3v) is 5.64. The zero-order chi connectivity index (χ0) is 19.4. The van der Waals surface area contributed by atoms with E-state index in [4.69, 9.17) is 5.73 Å². The molecule has 0 radical (unpaired) electrons. The Balaban J connectivity index is 2.04. The molecule has 0 atom stereocenters. The monoisotopic (exact) mass is 383 g/mol. The second-order valence-electron chi connectivity index (χ2n) is 6.66. The first kappa shape index (κ1) is 19.2. The SMILES string of the molecule is CCCCc1c(-c2nccs2)c(C(N)=O)c(C)n1CCc1ccc(O)cc1. The molecule has 0 aliphatic carbocycles. The molecule has 0 aliphatic rings. The van der Waals surface area contributed by atoms with Crippen LogP contribution in [-0.2, 0) is 19.4 Å². The van der Waals surface area contributed by atoms with Crippen LogP contribution in [0.2, 0.25) is 0 Å². The molecule has 0 aliphatic heterocycles. The van der Waals surface area contributed by atoms with E-state index in [1.165, 1.54) is 11.3 Å². The number of hydrogen-bond donors (Lipinski definition) is 2. The minimum atomic E-state index is -0.404. The van der Waals surface area contributed by atoms with E-state index in [2.05, 4.69) is 16.5 Å². The Hall–Kier alpha value is -2.60. The van der Waals surface area contributed by atoms with Crippen molar-refractivity contribution in [1.29, 1.82) is 0 Å². The third-order valence-electron chi connectivity index (χ3n) is 4.85. The molecule has 5 nitrogen and oxygen atoms in total. The second-order valence-corrected chi connectivity index (χ2v) is 7.55. The lowest BCUT2D eigenvalue weighted by Crippen LogP contribution is -2.13. The number of primary amides is 1. The number of hydrogen-bond acceptors (Lipinski definition) is 4. The number of carbonyl (C=O) groups is 1. The number of carbonyl (C=O) groups excluding carboxylic acids is 1. The van der Waals surface area contributed by atoms with Crippen LogP contribution in [0.4, 0.5) is 0 Å². The Morgan fingerprint density at radius 2 is 2.00 bits per heavy atom. The topological polar surface area (TPSA) is 81.1 Å². The van der Waals surface area contributed by atoms with Crippen LogP contribution in [0.1, 0.15) is 47.1 Å². The van der Waals surface area contributed by atoms with E-state index >= 15 is 0 Å². The van der Waals surface area contributed by atoms with Crippen molar-refractivity contribution in [3.63, 3.8) is 0 Å². The highest BCUT2D eigenvalue weighted by Gasteiger charge is 2.25. The van der Waals surface area contributed by atoms with Gasteiger partial charge in [0, 0.05) is 35.1 Å². The molecular formula is C21H25N3O2S. The number of phenolic OH excluding ortho intramolecular Hbond substituents is 1. The summed E-state index contributed by atoms with van der Waals surface area (Å²) in [6.45, 7) is 4.87. The Labute approximate surface area is 163 Å². The van der Waals surface area contributed by atoms with Crippen molar-refractivity contribution in [2.75, 3.05) is 0 Å². The summed E-state index contributed by atoms with van der Waals surface area (Å²) < 4.78 is 2.22. The molecular weight excluding hydrogens is 358 g/mol. The summed E-state index contributed by atoms with van der Waals surface area (Å²) in [7, 11) is 0. The number of nitrogens with two attached hydrogens (primary N) is 1. The maximum atomic E-state index is 12.2. The third kappa shape index (κ3) is 4.06. The normalized spacial score (nSPS) is 11.0. The molecule has 3 aromatic rings. The average Bonchev–Trinajstić information content (AvgIpc) is 3.26. The Morgan fingerprint density at radius 3 is 2.59 bits per heavy atom. The lowest BCUT2D eigenvalue weighted by molar-refractivity contribution is 0.1000. The molecule has 0 spiro atoms. The van der Waals surface area contributed by atoms with Crippen LogP contribution in [0.5, 0.6) is 5.75 Å². The number of aryl methyl sites for hydroxylation is 1. The van der Waals surface area contributed by atoms with Crippen LogP contribution in [0.3, 0.4) is 0 Å². The number of benzene rings is 1. The van der Waals surface area contributed by atoms with E-state index < -0.39 is 5.91 Å². The molecule has 6 heteroatoms. The maximum Gasteiger partial charge on any atom is 0.251 e. The van der Waals surface area contributed by atoms with Crippen LogP contribution in [0.25, 0.3) is 10.6 Å². The van der Waals surface area contributed by atoms with Gasteiger partial charge in [-0.25, -0.2) is 4.98 Å². The minimum Gasteiger partial charge on any atom is -0.508 e. The number of thiazole rings is 1. The van der Waals surface area contributed by atoms with Crippen LogP contribution >= 0.6 is 11.3 Å². The van der Waals surface area contributed by atoms with Gasteiger partial charge < -0.3 is 15.4 Å². The molecule has 27 heavy (non-hydrogen) atoms. The summed E-state index contributed by atoms with van der Waals surface area (Å²) in [5.74, 6) is -0.138. The summed E-state index contributed by atoms with van der Waals surface area (Å²) in [5, 5.41) is 12.2. The van der Waals surface area contributed by atoms with E-state index in [0.717, 1.165) is 59.8 Å². The van der Waals surface area contributed by atoms with Crippen LogP contribution in [-0.4, -0.2) is 20.6 Å². The zero-order valence-corrected chi connectivity index (χ0v) is 16.6. The molecule has 1 amide bonds. The van der Waals surface area contributed by atoms with Crippen molar-refractivity contribution >= 4 is 17.2 Å². The lowest BCUT2D eigenvalue weighted by Gasteiger charge is -2.13. The standard InChI is InChI=1S/C21H25N3O2S/c1-3-4-5-17-19(21-23-11-13-27-21)18(20(22)26)14(2)24(17)12-10-15-6-8-16(25)9-7-15/h6-9,11,13,25H,3-5,10,12H2,1-2H3,(H2,22,26). The van der Waals surface area contributed by atoms with Gasteiger partial charge in [0.15, 0.2) is 0 Å². The van der Waals surface area contributed by atoms with Gasteiger partial charge in [-0.3, -0.25) is 4.79 Å². The van der Waals surface area contributed by atoms with E-state index in [0.29, 0.717) is 5.56 Å². The fraction of sp³-hybridized carbons (Fsp3) is 0.333. The molecule has 2 aromatic heterocycles. The van der Waals surface area contributed by atoms with Crippen molar-refractivity contribution in [3.8, 4) is 16.3 Å². The van der Waals surface area contributed by atoms with Gasteiger partial charge in [-0.2, -0.15) is 0 Å². The number of phenols is 1. The Kier molecular flexibility index (Phi) is 5.96. The molecule has 0 saturated carbocycles. The first-order chi connectivity index (χ1) is 13.0. The minimum absolute atomic E-state index is 0.265. The van der Waals surface area contributed by atoms with E-state index in [1.807, 2.05) is 24.4 Å². The van der Waals surface area contributed by atoms with Gasteiger partial charge >= 0.3 is 0 Å². The molecule has 2 heterocycles. The number of aromatic nitrogens is 2. The van der Waals surface area contributed by atoms with Gasteiger partial charge in [0.25, 0.3) is 5.91 Å². The zero-order valence-electron chi connectivity index (χ0n) is 15.7. The van der Waals surface area contributed by atoms with E-state index in [1.54, 1.807) is 18.3 Å². The predicted octanol–water partition coefficient (Wildman–Crippen LogP) is 4.31. The van der Waals surface area contributed by atoms with Crippen molar-refractivity contribution in [1.82, 2.24) is 9.55 Å². The summed E-state index contributed by atoms with van der Waals surface area (Å²) in [6.07, 6.45) is 5.57. The first-order valence-electron chi connectivity index (χ1n) is 9.22. The molecule has 0 saturated heterocycles. The van der Waals surface area contributed by atoms with Gasteiger partial charge in [0.05, 0.1) is 5.56 Å². The van der Waals surface area contributed by atoms with Gasteiger partial charge in [0.1, 0.15) is 10.8 Å². The summed E-state index contributed by atoms with van der Waals surface area (Å²) in [4.78, 5) is 16.7. The number of unbranched alkanes of at least 4 members (excludes halogenated alkanes) is 1. The molecule has 1 aromatic carbocycles. The summed E-state index contributed by atoms with van der Waals surface area (Å²) in [5.41, 5.74) is 10.4. The van der Waals surface area contributed by atoms with Crippen molar-refractivity contribution in [2.24, 2.45) is 5.73 Å². The number of amides is 1. The van der Waals surface area contributed by atoms with E-state index in [-0.39, 0.29) is 5.75 Å². The average molecular weight is 384 g/mol. The van der Waals surface area contributed by atoms with Gasteiger partial charge in [-0.15, -0.1) is 11.3 Å². The Morgan fingerprint density at radius 1 is 1.26 bits per heavy atom. The van der Waals surface area contributed by atoms with Crippen molar-refractivity contribution in [2.45, 2.75) is 46.1 Å². The summed E-state index contributed by atoms with van der Waals surface area (Å²) in [6, 6.07) is 7.25. The molecule has 0 fully saturated rings. The van der Waals surface area contributed by atoms with Gasteiger partial charge in [-0.05, 0) is 43.9 Å². The molecule has 142 valence electrons. The summed E-state index contributed by atoms with van der Waals surface area (Å²) >= 11 is 1.53. The number of aromatic hydroxyl groups is 1. The molecule has 0 unspecified atom stereocenters. The van der Waals surface area contributed by atoms with Gasteiger partial charge in [0.2, 0.25) is 0 Å². The second kappa shape index (κ2) is 8.39. The van der Waals surface area contributed by atoms with E-state index in [9.17, 15) is 9.90 Å². The highest BCUT2D eigenvalue weighted by atomic mass is 32.1. The fourth-order valence-electron chi connectivity index (χ4n) is 3.49. The molecule has 3 N–H and O–H groups in total. The van der Waals surface area contributed by atoms with Crippen molar-refractivity contribution < 1.29 is 9.90 Å². The highest BCUT2D eigenvalue weighted by molar-refractivity contribution is 7.13. The molecule has 3 rings (SSSR count). The predicted molar refractivity (Wildman–Crippen MR) is 109 cm³/mol. The van der Waals surface area contributed by atoms with Crippen LogP contribution in [0, 0.1) is 6.92 Å². The van der Waals surface area contributed by atoms with Crippen molar-refractivity contribution in [3.05, 3.63) is 58.4 Å². The smallest absolute Gasteiger partial charge is 0.251 e. The Bertz CT molecular complexity index is 912. The molecule has 0 bridgehead atoms. The van der Waals surface area contributed by atoms with Gasteiger partial charge in [-0.1, -0.05) is 25.5 Å². The van der Waals surface area contributed by atoms with Crippen LogP contribution in [0.15, 0.2) is 35.8 Å². The first-order valence-corrected chi connectivity index (χ1v) is 10.1. The maximum absolute atomic E-state index is 12.2. The van der Waals surface area contributed by atoms with Crippen LogP contribution < -0.4 is 5.73 Å². The lowest BCUT2D eigenvalue weighted by atomic mass is 10.1. The largest absolute Gasteiger partial charge is 0.508 e. The highest BCUT2D eigenvalue weighted by Crippen LogP contribution is 2.35. The number of nitrogens with zero attached hydrogens (tertiary/aromatic N) is 2. The fourth-order valence-corrected chi connectivity index (χ4v) is 4.20. The number of rotatable bonds is 8. The quantitative estimate of drug-likeness (QED) is 0.608.